The zero-order chi connectivity index (χ0) is 34.2. The van der Waals surface area contributed by atoms with Gasteiger partial charge in [0.05, 0.1) is 29.7 Å². The van der Waals surface area contributed by atoms with Crippen molar-refractivity contribution in [2.75, 3.05) is 30.7 Å². The molecule has 0 spiro atoms. The first-order valence-corrected chi connectivity index (χ1v) is 17.1. The summed E-state index contributed by atoms with van der Waals surface area (Å²) in [5, 5.41) is 14.5. The molecule has 1 atom stereocenters. The number of anilines is 2. The number of aliphatic hydroxyl groups is 1. The smallest absolute Gasteiger partial charge is 0.434 e. The molecule has 3 aromatic heterocycles. The Labute approximate surface area is 271 Å². The lowest BCUT2D eigenvalue weighted by atomic mass is 9.73. The Kier molecular flexibility index (Phi) is 11.8. The second-order valence-electron chi connectivity index (χ2n) is 11.8. The van der Waals surface area contributed by atoms with Crippen molar-refractivity contribution in [3.8, 4) is 11.3 Å². The molecule has 4 rings (SSSR count). The fraction of sp³-hybridized carbons (Fsp3) is 0.469. The molecule has 1 fully saturated rings. The van der Waals surface area contributed by atoms with Crippen LogP contribution in [0.25, 0.3) is 11.3 Å². The fourth-order valence-corrected chi connectivity index (χ4v) is 6.02. The Hall–Kier alpha value is -4.24. The highest BCUT2D eigenvalue weighted by Gasteiger charge is 2.39. The third-order valence-corrected chi connectivity index (χ3v) is 8.98. The maximum absolute atomic E-state index is 13.1. The van der Waals surface area contributed by atoms with Crippen LogP contribution in [0.5, 0.6) is 0 Å². The van der Waals surface area contributed by atoms with Crippen LogP contribution < -0.4 is 5.32 Å². The van der Waals surface area contributed by atoms with Crippen molar-refractivity contribution in [3.05, 3.63) is 65.6 Å². The lowest BCUT2D eigenvalue weighted by molar-refractivity contribution is -0.160. The lowest BCUT2D eigenvalue weighted by Gasteiger charge is -2.37. The number of hydrogen-bond acceptors (Lipinski definition) is 12. The number of sulfone groups is 1. The SMILES string of the molecule is Cc1cc(Nc2cc(C(F)F)ccn2)nc(-c2ccc(C(C)(O)C3CCC(C(=O)OCOC(=O)OCCCS(C)(=O)=O)CC3)nc2)c1. The number of alkyl halides is 2. The van der Waals surface area contributed by atoms with Crippen LogP contribution in [0.4, 0.5) is 25.2 Å². The predicted molar refractivity (Wildman–Crippen MR) is 167 cm³/mol. The fourth-order valence-electron chi connectivity index (χ4n) is 5.38. The van der Waals surface area contributed by atoms with E-state index in [-0.39, 0.29) is 36.1 Å². The van der Waals surface area contributed by atoms with Gasteiger partial charge in [0, 0.05) is 29.8 Å². The van der Waals surface area contributed by atoms with E-state index in [0.29, 0.717) is 48.5 Å². The second-order valence-corrected chi connectivity index (χ2v) is 14.0. The molecule has 254 valence electrons. The van der Waals surface area contributed by atoms with Gasteiger partial charge < -0.3 is 24.6 Å². The monoisotopic (exact) mass is 676 g/mol. The zero-order valence-electron chi connectivity index (χ0n) is 26.3. The molecule has 1 aliphatic rings. The van der Waals surface area contributed by atoms with Crippen molar-refractivity contribution in [3.63, 3.8) is 0 Å². The Morgan fingerprint density at radius 1 is 1.04 bits per heavy atom. The lowest BCUT2D eigenvalue weighted by Crippen LogP contribution is -2.37. The zero-order valence-corrected chi connectivity index (χ0v) is 27.1. The summed E-state index contributed by atoms with van der Waals surface area (Å²) in [6.07, 6.45) is 2.46. The first-order chi connectivity index (χ1) is 22.2. The third kappa shape index (κ3) is 10.4. The summed E-state index contributed by atoms with van der Waals surface area (Å²) in [6.45, 7) is 2.82. The number of esters is 1. The number of nitrogens with one attached hydrogen (secondary N) is 1. The molecule has 0 aromatic carbocycles. The van der Waals surface area contributed by atoms with Crippen molar-refractivity contribution in [2.45, 2.75) is 58.0 Å². The summed E-state index contributed by atoms with van der Waals surface area (Å²) < 4.78 is 62.9. The molecule has 3 aromatic rings. The van der Waals surface area contributed by atoms with E-state index >= 15 is 0 Å². The van der Waals surface area contributed by atoms with Crippen LogP contribution in [0.15, 0.2) is 48.8 Å². The number of pyridine rings is 3. The van der Waals surface area contributed by atoms with Gasteiger partial charge in [-0.25, -0.2) is 32.0 Å². The minimum atomic E-state index is -3.16. The Bertz CT molecular complexity index is 1650. The number of rotatable bonds is 13. The minimum absolute atomic E-state index is 0.125. The van der Waals surface area contributed by atoms with Crippen molar-refractivity contribution < 1.29 is 46.1 Å². The van der Waals surface area contributed by atoms with Crippen LogP contribution in [-0.2, 0) is 34.4 Å². The number of halogens is 2. The van der Waals surface area contributed by atoms with Crippen LogP contribution in [0, 0.1) is 18.8 Å². The van der Waals surface area contributed by atoms with Crippen LogP contribution in [-0.4, -0.2) is 66.0 Å². The molecule has 0 saturated heterocycles. The van der Waals surface area contributed by atoms with Gasteiger partial charge in [-0.2, -0.15) is 0 Å². The molecule has 1 saturated carbocycles. The van der Waals surface area contributed by atoms with Crippen molar-refractivity contribution >= 4 is 33.6 Å². The van der Waals surface area contributed by atoms with Gasteiger partial charge in [0.25, 0.3) is 6.43 Å². The molecule has 1 aliphatic carbocycles. The van der Waals surface area contributed by atoms with Crippen molar-refractivity contribution in [1.29, 1.82) is 0 Å². The molecule has 15 heteroatoms. The number of hydrogen-bond donors (Lipinski definition) is 2. The molecule has 1 unspecified atom stereocenters. The number of ether oxygens (including phenoxy) is 3. The second kappa shape index (κ2) is 15.6. The summed E-state index contributed by atoms with van der Waals surface area (Å²) in [5.41, 5.74) is 1.21. The molecule has 0 amide bonds. The van der Waals surface area contributed by atoms with E-state index in [4.69, 9.17) is 14.2 Å². The first kappa shape index (κ1) is 35.6. The number of carbonyl (C=O) groups is 2. The number of aryl methyl sites for hydroxylation is 1. The van der Waals surface area contributed by atoms with Crippen LogP contribution in [0.2, 0.25) is 0 Å². The van der Waals surface area contributed by atoms with Crippen molar-refractivity contribution in [2.24, 2.45) is 11.8 Å². The highest BCUT2D eigenvalue weighted by Crippen LogP contribution is 2.41. The van der Waals surface area contributed by atoms with Gasteiger partial charge in [0.1, 0.15) is 27.1 Å². The van der Waals surface area contributed by atoms with E-state index in [9.17, 15) is 31.9 Å². The Balaban J connectivity index is 1.28. The molecular weight excluding hydrogens is 638 g/mol. The number of aromatic nitrogens is 3. The highest BCUT2D eigenvalue weighted by atomic mass is 32.2. The summed E-state index contributed by atoms with van der Waals surface area (Å²) in [7, 11) is -3.16. The van der Waals surface area contributed by atoms with E-state index in [0.717, 1.165) is 11.8 Å². The maximum Gasteiger partial charge on any atom is 0.511 e. The average molecular weight is 677 g/mol. The summed E-state index contributed by atoms with van der Waals surface area (Å²) in [6, 6.07) is 9.69. The topological polar surface area (TPSA) is 167 Å². The van der Waals surface area contributed by atoms with Crippen molar-refractivity contribution in [1.82, 2.24) is 15.0 Å². The summed E-state index contributed by atoms with van der Waals surface area (Å²) >= 11 is 0. The van der Waals surface area contributed by atoms with Gasteiger partial charge in [-0.1, -0.05) is 0 Å². The van der Waals surface area contributed by atoms with E-state index in [1.165, 1.54) is 18.3 Å². The molecule has 12 nitrogen and oxygen atoms in total. The van der Waals surface area contributed by atoms with E-state index in [1.54, 1.807) is 31.3 Å². The van der Waals surface area contributed by atoms with Gasteiger partial charge in [0.15, 0.2) is 0 Å². The average Bonchev–Trinajstić information content (AvgIpc) is 3.02. The first-order valence-electron chi connectivity index (χ1n) is 15.0. The van der Waals surface area contributed by atoms with Gasteiger partial charge in [-0.15, -0.1) is 0 Å². The molecule has 3 heterocycles. The normalized spacial score (nSPS) is 17.9. The van der Waals surface area contributed by atoms with E-state index < -0.39 is 46.7 Å². The molecule has 0 radical (unpaired) electrons. The maximum atomic E-state index is 13.1. The largest absolute Gasteiger partial charge is 0.511 e. The van der Waals surface area contributed by atoms with E-state index in [1.807, 2.05) is 13.0 Å². The predicted octanol–water partition coefficient (Wildman–Crippen LogP) is 5.63. The van der Waals surface area contributed by atoms with Crippen LogP contribution in [0.1, 0.15) is 62.3 Å². The molecule has 0 bridgehead atoms. The Morgan fingerprint density at radius 3 is 2.45 bits per heavy atom. The molecule has 47 heavy (non-hydrogen) atoms. The molecule has 0 aliphatic heterocycles. The van der Waals surface area contributed by atoms with Gasteiger partial charge in [-0.05, 0) is 93.8 Å². The summed E-state index contributed by atoms with van der Waals surface area (Å²) in [4.78, 5) is 37.3. The summed E-state index contributed by atoms with van der Waals surface area (Å²) in [5.74, 6) is -0.567. The number of carbonyl (C=O) groups excluding carboxylic acids is 2. The van der Waals surface area contributed by atoms with Crippen LogP contribution in [0.3, 0.4) is 0 Å². The van der Waals surface area contributed by atoms with Gasteiger partial charge in [-0.3, -0.25) is 9.78 Å². The molecular formula is C32H38F2N4O8S. The molecule has 2 N–H and O–H groups in total. The van der Waals surface area contributed by atoms with Gasteiger partial charge >= 0.3 is 12.1 Å². The van der Waals surface area contributed by atoms with E-state index in [2.05, 4.69) is 20.3 Å². The standard InChI is InChI=1S/C32H38F2N4O8S/c1-20-15-25(37-28(16-20)38-27-17-22(29(33)34)11-12-35-27)23-7-10-26(36-18-23)32(2,41)24-8-5-21(6-9-24)30(39)45-19-46-31(40)44-13-4-14-47(3,42)43/h7,10-12,15-18,21,24,29,41H,4-6,8-9,13-14,19H2,1-3H3,(H,35,37,38). The van der Waals surface area contributed by atoms with Crippen LogP contribution >= 0.6 is 0 Å². The third-order valence-electron chi connectivity index (χ3n) is 7.95. The number of nitrogens with zero attached hydrogens (tertiary/aromatic N) is 3. The Morgan fingerprint density at radius 2 is 1.79 bits per heavy atom. The quantitative estimate of drug-likeness (QED) is 0.130. The van der Waals surface area contributed by atoms with Gasteiger partial charge in [0.2, 0.25) is 6.79 Å². The highest BCUT2D eigenvalue weighted by molar-refractivity contribution is 7.90. The minimum Gasteiger partial charge on any atom is -0.434 e.